The topological polar surface area (TPSA) is 90.3 Å². The molecule has 7 nitrogen and oxygen atoms in total. The molecule has 0 aliphatic carbocycles. The summed E-state index contributed by atoms with van der Waals surface area (Å²) in [7, 11) is 0. The maximum atomic E-state index is 9.10. The van der Waals surface area contributed by atoms with Gasteiger partial charge in [0.05, 0.1) is 13.2 Å². The van der Waals surface area contributed by atoms with Gasteiger partial charge in [-0.1, -0.05) is 55.5 Å². The Morgan fingerprint density at radius 2 is 1.55 bits per heavy atom. The maximum absolute atomic E-state index is 9.10. The van der Waals surface area contributed by atoms with E-state index in [0.29, 0.717) is 0 Å². The highest BCUT2D eigenvalue weighted by atomic mass is 16.5. The molecule has 0 spiro atoms. The Morgan fingerprint density at radius 1 is 0.935 bits per heavy atom. The van der Waals surface area contributed by atoms with Crippen molar-refractivity contribution in [2.24, 2.45) is 0 Å². The molecule has 0 amide bonds. The van der Waals surface area contributed by atoms with Crippen molar-refractivity contribution in [3.8, 4) is 0 Å². The van der Waals surface area contributed by atoms with Crippen LogP contribution < -0.4 is 4.90 Å². The minimum atomic E-state index is -1.82. The third-order valence-electron chi connectivity index (χ3n) is 6.12. The molecule has 2 aliphatic heterocycles. The number of ether oxygens (including phenoxy) is 1. The molecule has 2 heterocycles. The van der Waals surface area contributed by atoms with Gasteiger partial charge >= 0.3 is 11.9 Å². The van der Waals surface area contributed by atoms with E-state index in [0.717, 1.165) is 52.4 Å². The Morgan fingerprint density at radius 3 is 2.16 bits per heavy atom. The van der Waals surface area contributed by atoms with Gasteiger partial charge in [-0.3, -0.25) is 4.90 Å². The van der Waals surface area contributed by atoms with Crippen LogP contribution in [-0.2, 0) is 19.7 Å². The summed E-state index contributed by atoms with van der Waals surface area (Å²) in [5, 5.41) is 14.8. The lowest BCUT2D eigenvalue weighted by Crippen LogP contribution is -2.42. The molecule has 0 aromatic heterocycles. The second-order valence-electron chi connectivity index (χ2n) is 7.80. The van der Waals surface area contributed by atoms with Gasteiger partial charge < -0.3 is 19.8 Å². The Balaban J connectivity index is 0.000000401. The Kier molecular flexibility index (Phi) is 7.65. The average Bonchev–Trinajstić information content (AvgIpc) is 3.14. The standard InChI is InChI=1S/C22H28N2O.C2H2O4/c1-2-22(19-8-4-3-5-9-19)18-24(21-11-7-6-10-20(21)22)13-12-23-14-16-25-17-15-23;3-1(4)2(5)6/h3-11H,2,12-18H2,1H3;(H,3,4)(H,5,6). The first-order valence-corrected chi connectivity index (χ1v) is 10.6. The molecule has 1 atom stereocenters. The number of para-hydroxylation sites is 1. The van der Waals surface area contributed by atoms with Gasteiger partial charge in [0.2, 0.25) is 0 Å². The highest BCUT2D eigenvalue weighted by Gasteiger charge is 2.42. The summed E-state index contributed by atoms with van der Waals surface area (Å²) < 4.78 is 5.48. The molecule has 7 heteroatoms. The van der Waals surface area contributed by atoms with Gasteiger partial charge in [-0.2, -0.15) is 0 Å². The molecule has 2 aromatic carbocycles. The predicted molar refractivity (Wildman–Crippen MR) is 119 cm³/mol. The quantitative estimate of drug-likeness (QED) is 0.711. The summed E-state index contributed by atoms with van der Waals surface area (Å²) in [4.78, 5) is 23.3. The zero-order valence-corrected chi connectivity index (χ0v) is 17.9. The summed E-state index contributed by atoms with van der Waals surface area (Å²) in [6.07, 6.45) is 1.13. The van der Waals surface area contributed by atoms with E-state index in [1.54, 1.807) is 0 Å². The van der Waals surface area contributed by atoms with Crippen molar-refractivity contribution in [1.82, 2.24) is 4.90 Å². The molecule has 1 fully saturated rings. The first kappa shape index (κ1) is 22.8. The zero-order valence-electron chi connectivity index (χ0n) is 17.9. The fourth-order valence-corrected chi connectivity index (χ4v) is 4.45. The van der Waals surface area contributed by atoms with Gasteiger partial charge in [0.1, 0.15) is 0 Å². The smallest absolute Gasteiger partial charge is 0.414 e. The van der Waals surface area contributed by atoms with E-state index in [2.05, 4.69) is 71.3 Å². The van der Waals surface area contributed by atoms with Crippen molar-refractivity contribution < 1.29 is 24.5 Å². The molecular weight excluding hydrogens is 396 g/mol. The number of rotatable bonds is 5. The molecule has 2 aliphatic rings. The van der Waals surface area contributed by atoms with Crippen LogP contribution in [-0.4, -0.2) is 73.0 Å². The number of nitrogens with zero attached hydrogens (tertiary/aromatic N) is 2. The number of hydrogen-bond acceptors (Lipinski definition) is 5. The number of hydrogen-bond donors (Lipinski definition) is 2. The Labute approximate surface area is 182 Å². The van der Waals surface area contributed by atoms with Crippen LogP contribution in [0.3, 0.4) is 0 Å². The predicted octanol–water partition coefficient (Wildman–Crippen LogP) is 2.69. The second kappa shape index (κ2) is 10.4. The van der Waals surface area contributed by atoms with Crippen LogP contribution in [0.4, 0.5) is 5.69 Å². The van der Waals surface area contributed by atoms with Gasteiger partial charge in [0.15, 0.2) is 0 Å². The second-order valence-corrected chi connectivity index (χ2v) is 7.80. The van der Waals surface area contributed by atoms with Crippen LogP contribution in [0, 0.1) is 0 Å². The Bertz CT molecular complexity index is 871. The van der Waals surface area contributed by atoms with Crippen LogP contribution in [0.2, 0.25) is 0 Å². The lowest BCUT2D eigenvalue weighted by molar-refractivity contribution is -0.159. The molecular formula is C24H30N2O5. The van der Waals surface area contributed by atoms with E-state index in [-0.39, 0.29) is 5.41 Å². The number of fused-ring (bicyclic) bond motifs is 1. The van der Waals surface area contributed by atoms with Gasteiger partial charge in [0, 0.05) is 43.8 Å². The van der Waals surface area contributed by atoms with Crippen LogP contribution >= 0.6 is 0 Å². The fourth-order valence-electron chi connectivity index (χ4n) is 4.45. The number of carboxylic acids is 2. The molecule has 166 valence electrons. The fraction of sp³-hybridized carbons (Fsp3) is 0.417. The minimum Gasteiger partial charge on any atom is -0.473 e. The molecule has 31 heavy (non-hydrogen) atoms. The van der Waals surface area contributed by atoms with E-state index in [1.807, 2.05) is 0 Å². The number of morpholine rings is 1. The third kappa shape index (κ3) is 5.24. The maximum Gasteiger partial charge on any atom is 0.414 e. The molecule has 2 N–H and O–H groups in total. The van der Waals surface area contributed by atoms with Crippen LogP contribution in [0.5, 0.6) is 0 Å². The highest BCUT2D eigenvalue weighted by molar-refractivity contribution is 6.27. The molecule has 0 radical (unpaired) electrons. The van der Waals surface area contributed by atoms with Crippen molar-refractivity contribution in [1.29, 1.82) is 0 Å². The molecule has 1 saturated heterocycles. The van der Waals surface area contributed by atoms with Crippen molar-refractivity contribution >= 4 is 17.6 Å². The first-order chi connectivity index (χ1) is 15.0. The number of anilines is 1. The highest BCUT2D eigenvalue weighted by Crippen LogP contribution is 2.46. The van der Waals surface area contributed by atoms with E-state index in [1.165, 1.54) is 16.8 Å². The average molecular weight is 427 g/mol. The minimum absolute atomic E-state index is 0.114. The van der Waals surface area contributed by atoms with Crippen molar-refractivity contribution in [2.45, 2.75) is 18.8 Å². The van der Waals surface area contributed by atoms with Crippen molar-refractivity contribution in [2.75, 3.05) is 50.8 Å². The molecule has 1 unspecified atom stereocenters. The summed E-state index contributed by atoms with van der Waals surface area (Å²) in [5.41, 5.74) is 4.47. The van der Waals surface area contributed by atoms with E-state index < -0.39 is 11.9 Å². The van der Waals surface area contributed by atoms with E-state index >= 15 is 0 Å². The number of aliphatic carboxylic acids is 2. The Hall–Kier alpha value is -2.90. The molecule has 4 rings (SSSR count). The van der Waals surface area contributed by atoms with Gasteiger partial charge in [0.25, 0.3) is 0 Å². The molecule has 2 aromatic rings. The lowest BCUT2D eigenvalue weighted by Gasteiger charge is -2.32. The summed E-state index contributed by atoms with van der Waals surface area (Å²) >= 11 is 0. The van der Waals surface area contributed by atoms with E-state index in [4.69, 9.17) is 24.5 Å². The normalized spacial score (nSPS) is 20.5. The number of carboxylic acid groups (broad SMARTS) is 2. The molecule has 0 bridgehead atoms. The third-order valence-corrected chi connectivity index (χ3v) is 6.12. The number of benzene rings is 2. The summed E-state index contributed by atoms with van der Waals surface area (Å²) in [6, 6.07) is 20.1. The van der Waals surface area contributed by atoms with Crippen LogP contribution in [0.25, 0.3) is 0 Å². The van der Waals surface area contributed by atoms with Crippen molar-refractivity contribution in [3.63, 3.8) is 0 Å². The SMILES string of the molecule is CCC1(c2ccccc2)CN(CCN2CCOCC2)c2ccccc21.O=C(O)C(=O)O. The van der Waals surface area contributed by atoms with Gasteiger partial charge in [-0.25, -0.2) is 9.59 Å². The van der Waals surface area contributed by atoms with Crippen LogP contribution in [0.15, 0.2) is 54.6 Å². The number of carbonyl (C=O) groups is 2. The lowest BCUT2D eigenvalue weighted by atomic mass is 9.74. The van der Waals surface area contributed by atoms with Crippen LogP contribution in [0.1, 0.15) is 24.5 Å². The zero-order chi connectivity index (χ0) is 22.3. The first-order valence-electron chi connectivity index (χ1n) is 10.6. The summed E-state index contributed by atoms with van der Waals surface area (Å²) in [5.74, 6) is -3.65. The van der Waals surface area contributed by atoms with E-state index in [9.17, 15) is 0 Å². The largest absolute Gasteiger partial charge is 0.473 e. The monoisotopic (exact) mass is 426 g/mol. The molecule has 0 saturated carbocycles. The van der Waals surface area contributed by atoms with Crippen molar-refractivity contribution in [3.05, 3.63) is 65.7 Å². The summed E-state index contributed by atoms with van der Waals surface area (Å²) in [6.45, 7) is 9.49. The van der Waals surface area contributed by atoms with Gasteiger partial charge in [-0.15, -0.1) is 0 Å². The van der Waals surface area contributed by atoms with Gasteiger partial charge in [-0.05, 0) is 23.6 Å².